The van der Waals surface area contributed by atoms with Gasteiger partial charge in [-0.15, -0.1) is 12.4 Å². The maximum Gasteiger partial charge on any atom is 0.229 e. The number of sulfonamides is 1. The third-order valence-electron chi connectivity index (χ3n) is 3.04. The van der Waals surface area contributed by atoms with Crippen molar-refractivity contribution in [1.29, 1.82) is 0 Å². The Balaban J connectivity index is 0.00000220. The number of rotatable bonds is 5. The van der Waals surface area contributed by atoms with Gasteiger partial charge >= 0.3 is 0 Å². The molecule has 1 unspecified atom stereocenters. The summed E-state index contributed by atoms with van der Waals surface area (Å²) < 4.78 is 24.7. The van der Waals surface area contributed by atoms with E-state index in [1.807, 2.05) is 0 Å². The molecule has 0 bridgehead atoms. The second kappa shape index (κ2) is 7.63. The number of carbonyl (C=O) groups excluding carboxylic acids is 1. The molecule has 8 heteroatoms. The van der Waals surface area contributed by atoms with Crippen LogP contribution in [0, 0.1) is 0 Å². The highest BCUT2D eigenvalue weighted by atomic mass is 35.5. The summed E-state index contributed by atoms with van der Waals surface area (Å²) in [4.78, 5) is 11.9. The van der Waals surface area contributed by atoms with Crippen molar-refractivity contribution in [2.75, 3.05) is 22.8 Å². The monoisotopic (exact) mass is 333 g/mol. The molecule has 0 spiro atoms. The summed E-state index contributed by atoms with van der Waals surface area (Å²) in [5.41, 5.74) is 1.02. The molecule has 1 aromatic carbocycles. The van der Waals surface area contributed by atoms with Gasteiger partial charge in [-0.05, 0) is 37.6 Å². The van der Waals surface area contributed by atoms with E-state index in [1.54, 1.807) is 24.3 Å². The Morgan fingerprint density at radius 2 is 2.10 bits per heavy atom. The Morgan fingerprint density at radius 3 is 2.71 bits per heavy atom. The highest BCUT2D eigenvalue weighted by Gasteiger charge is 2.17. The van der Waals surface area contributed by atoms with E-state index < -0.39 is 10.0 Å². The minimum Gasteiger partial charge on any atom is -0.326 e. The maximum absolute atomic E-state index is 11.9. The van der Waals surface area contributed by atoms with Gasteiger partial charge in [-0.25, -0.2) is 8.42 Å². The van der Waals surface area contributed by atoms with E-state index in [4.69, 9.17) is 0 Å². The summed E-state index contributed by atoms with van der Waals surface area (Å²) in [6, 6.07) is 6.90. The Kier molecular flexibility index (Phi) is 6.44. The van der Waals surface area contributed by atoms with Crippen molar-refractivity contribution in [3.05, 3.63) is 24.3 Å². The van der Waals surface area contributed by atoms with Crippen LogP contribution < -0.4 is 15.4 Å². The van der Waals surface area contributed by atoms with E-state index in [-0.39, 0.29) is 24.4 Å². The number of carbonyl (C=O) groups is 1. The molecule has 6 nitrogen and oxygen atoms in total. The molecule has 1 heterocycles. The van der Waals surface area contributed by atoms with Crippen molar-refractivity contribution in [3.8, 4) is 0 Å². The minimum atomic E-state index is -3.31. The third kappa shape index (κ3) is 6.33. The number of benzene rings is 1. The molecule has 1 fully saturated rings. The lowest BCUT2D eigenvalue weighted by atomic mass is 10.1. The molecule has 0 aliphatic carbocycles. The number of nitrogens with one attached hydrogen (secondary N) is 3. The van der Waals surface area contributed by atoms with Crippen molar-refractivity contribution < 1.29 is 13.2 Å². The lowest BCUT2D eigenvalue weighted by Crippen LogP contribution is -2.27. The van der Waals surface area contributed by atoms with E-state index in [0.29, 0.717) is 17.8 Å². The SMILES string of the molecule is CS(=O)(=O)Nc1cccc(NC(=O)CC2CCCN2)c1.Cl. The molecule has 1 aliphatic heterocycles. The number of hydrogen-bond acceptors (Lipinski definition) is 4. The minimum absolute atomic E-state index is 0. The Labute approximate surface area is 131 Å². The van der Waals surface area contributed by atoms with Gasteiger partial charge in [0.05, 0.1) is 11.9 Å². The van der Waals surface area contributed by atoms with Gasteiger partial charge in [0, 0.05) is 18.2 Å². The second-order valence-electron chi connectivity index (χ2n) is 5.00. The van der Waals surface area contributed by atoms with Crippen LogP contribution in [-0.2, 0) is 14.8 Å². The summed E-state index contributed by atoms with van der Waals surface area (Å²) in [7, 11) is -3.31. The first-order valence-corrected chi connectivity index (χ1v) is 8.42. The van der Waals surface area contributed by atoms with Gasteiger partial charge in [0.2, 0.25) is 15.9 Å². The van der Waals surface area contributed by atoms with E-state index >= 15 is 0 Å². The van der Waals surface area contributed by atoms with Crippen LogP contribution in [0.15, 0.2) is 24.3 Å². The van der Waals surface area contributed by atoms with Gasteiger partial charge in [0.25, 0.3) is 0 Å². The molecule has 21 heavy (non-hydrogen) atoms. The van der Waals surface area contributed by atoms with Gasteiger partial charge in [-0.2, -0.15) is 0 Å². The highest BCUT2D eigenvalue weighted by Crippen LogP contribution is 2.17. The molecule has 118 valence electrons. The second-order valence-corrected chi connectivity index (χ2v) is 6.75. The molecular formula is C13H20ClN3O3S. The van der Waals surface area contributed by atoms with Crippen molar-refractivity contribution in [1.82, 2.24) is 5.32 Å². The van der Waals surface area contributed by atoms with Gasteiger partial charge < -0.3 is 10.6 Å². The summed E-state index contributed by atoms with van der Waals surface area (Å²) in [6.07, 6.45) is 3.64. The van der Waals surface area contributed by atoms with Crippen molar-refractivity contribution in [3.63, 3.8) is 0 Å². The van der Waals surface area contributed by atoms with Crippen LogP contribution in [0.3, 0.4) is 0 Å². The molecule has 3 N–H and O–H groups in total. The fourth-order valence-corrected chi connectivity index (χ4v) is 2.80. The maximum atomic E-state index is 11.9. The van der Waals surface area contributed by atoms with Crippen LogP contribution >= 0.6 is 12.4 Å². The summed E-state index contributed by atoms with van der Waals surface area (Å²) in [5.74, 6) is -0.0686. The Hall–Kier alpha value is -1.31. The average molecular weight is 334 g/mol. The smallest absolute Gasteiger partial charge is 0.229 e. The molecule has 0 aromatic heterocycles. The third-order valence-corrected chi connectivity index (χ3v) is 3.65. The van der Waals surface area contributed by atoms with Gasteiger partial charge in [0.15, 0.2) is 0 Å². The predicted molar refractivity (Wildman–Crippen MR) is 86.4 cm³/mol. The van der Waals surface area contributed by atoms with Crippen LogP contribution in [0.2, 0.25) is 0 Å². The molecule has 1 saturated heterocycles. The molecule has 0 radical (unpaired) electrons. The first-order chi connectivity index (χ1) is 9.42. The molecular weight excluding hydrogens is 314 g/mol. The van der Waals surface area contributed by atoms with Crippen LogP contribution in [0.5, 0.6) is 0 Å². The molecule has 2 rings (SSSR count). The van der Waals surface area contributed by atoms with E-state index in [0.717, 1.165) is 25.6 Å². The van der Waals surface area contributed by atoms with Gasteiger partial charge in [-0.1, -0.05) is 6.07 Å². The number of amides is 1. The molecule has 1 aromatic rings. The zero-order valence-electron chi connectivity index (χ0n) is 11.8. The lowest BCUT2D eigenvalue weighted by Gasteiger charge is -2.11. The van der Waals surface area contributed by atoms with E-state index in [2.05, 4.69) is 15.4 Å². The quantitative estimate of drug-likeness (QED) is 0.763. The van der Waals surface area contributed by atoms with Crippen LogP contribution in [0.25, 0.3) is 0 Å². The van der Waals surface area contributed by atoms with Crippen molar-refractivity contribution in [2.45, 2.75) is 25.3 Å². The average Bonchev–Trinajstić information content (AvgIpc) is 2.79. The summed E-state index contributed by atoms with van der Waals surface area (Å²) >= 11 is 0. The van der Waals surface area contributed by atoms with Crippen molar-refractivity contribution in [2.24, 2.45) is 0 Å². The number of hydrogen-bond donors (Lipinski definition) is 3. The fraction of sp³-hybridized carbons (Fsp3) is 0.462. The zero-order chi connectivity index (χ0) is 14.6. The van der Waals surface area contributed by atoms with Crippen LogP contribution in [-0.4, -0.2) is 33.2 Å². The normalized spacial score (nSPS) is 17.9. The number of halogens is 1. The Morgan fingerprint density at radius 1 is 1.38 bits per heavy atom. The number of anilines is 2. The van der Waals surface area contributed by atoms with Crippen molar-refractivity contribution >= 4 is 39.7 Å². The van der Waals surface area contributed by atoms with Crippen LogP contribution in [0.1, 0.15) is 19.3 Å². The largest absolute Gasteiger partial charge is 0.326 e. The molecule has 1 atom stereocenters. The van der Waals surface area contributed by atoms with Gasteiger partial charge in [0.1, 0.15) is 0 Å². The molecule has 0 saturated carbocycles. The van der Waals surface area contributed by atoms with Gasteiger partial charge in [-0.3, -0.25) is 9.52 Å². The topological polar surface area (TPSA) is 87.3 Å². The first kappa shape index (κ1) is 17.7. The molecule has 1 amide bonds. The lowest BCUT2D eigenvalue weighted by molar-refractivity contribution is -0.116. The highest BCUT2D eigenvalue weighted by molar-refractivity contribution is 7.92. The molecule has 1 aliphatic rings. The Bertz CT molecular complexity index is 586. The van der Waals surface area contributed by atoms with E-state index in [1.165, 1.54) is 0 Å². The standard InChI is InChI=1S/C13H19N3O3S.ClH/c1-20(18,19)16-12-5-2-4-11(8-12)15-13(17)9-10-6-3-7-14-10;/h2,4-5,8,10,14,16H,3,6-7,9H2,1H3,(H,15,17);1H. The van der Waals surface area contributed by atoms with E-state index in [9.17, 15) is 13.2 Å². The fourth-order valence-electron chi connectivity index (χ4n) is 2.24. The summed E-state index contributed by atoms with van der Waals surface area (Å²) in [5, 5.41) is 6.04. The van der Waals surface area contributed by atoms with Crippen LogP contribution in [0.4, 0.5) is 11.4 Å². The summed E-state index contributed by atoms with van der Waals surface area (Å²) in [6.45, 7) is 0.964. The zero-order valence-corrected chi connectivity index (χ0v) is 13.4. The first-order valence-electron chi connectivity index (χ1n) is 6.53. The predicted octanol–water partition coefficient (Wildman–Crippen LogP) is 1.56.